The van der Waals surface area contributed by atoms with Crippen LogP contribution in [-0.4, -0.2) is 35.7 Å². The van der Waals surface area contributed by atoms with Crippen molar-refractivity contribution in [2.24, 2.45) is 11.7 Å². The van der Waals surface area contributed by atoms with Crippen molar-refractivity contribution in [2.45, 2.75) is 26.3 Å². The highest BCUT2D eigenvalue weighted by atomic mass is 16.5. The number of piperidine rings is 1. The summed E-state index contributed by atoms with van der Waals surface area (Å²) in [5.74, 6) is 0.0694. The van der Waals surface area contributed by atoms with Crippen LogP contribution in [0, 0.1) is 12.8 Å². The van der Waals surface area contributed by atoms with E-state index in [-0.39, 0.29) is 29.4 Å². The molecule has 0 radical (unpaired) electrons. The van der Waals surface area contributed by atoms with Crippen molar-refractivity contribution < 1.29 is 19.1 Å². The number of carbonyl (C=O) groups is 3. The Balaban J connectivity index is 1.34. The highest BCUT2D eigenvalue weighted by molar-refractivity contribution is 6.09. The second-order valence-electron chi connectivity index (χ2n) is 9.55. The molecule has 0 saturated carbocycles. The Labute approximate surface area is 216 Å². The van der Waals surface area contributed by atoms with Gasteiger partial charge >= 0.3 is 0 Å². The van der Waals surface area contributed by atoms with Crippen LogP contribution >= 0.6 is 0 Å². The monoisotopic (exact) mass is 495 g/mol. The Morgan fingerprint density at radius 2 is 1.73 bits per heavy atom. The van der Waals surface area contributed by atoms with Crippen LogP contribution in [0.3, 0.4) is 0 Å². The molecule has 0 spiro atoms. The quantitative estimate of drug-likeness (QED) is 0.534. The van der Waals surface area contributed by atoms with Gasteiger partial charge in [-0.25, -0.2) is 0 Å². The SMILES string of the molecule is Cc1cccc(CN2C(=O)C(=Cc3ccc(C(=O)N4CCC(C(N)=O)CC4)cc3)Oc3ccccc32)c1. The van der Waals surface area contributed by atoms with Crippen molar-refractivity contribution in [3.63, 3.8) is 0 Å². The summed E-state index contributed by atoms with van der Waals surface area (Å²) in [6.45, 7) is 3.48. The molecule has 0 bridgehead atoms. The maximum absolute atomic E-state index is 13.5. The van der Waals surface area contributed by atoms with Gasteiger partial charge in [0, 0.05) is 24.6 Å². The number of hydrogen-bond acceptors (Lipinski definition) is 4. The summed E-state index contributed by atoms with van der Waals surface area (Å²) >= 11 is 0. The van der Waals surface area contributed by atoms with Gasteiger partial charge in [0.15, 0.2) is 11.5 Å². The Morgan fingerprint density at radius 1 is 1.00 bits per heavy atom. The summed E-state index contributed by atoms with van der Waals surface area (Å²) in [4.78, 5) is 41.3. The molecule has 3 amide bonds. The Morgan fingerprint density at radius 3 is 2.43 bits per heavy atom. The van der Waals surface area contributed by atoms with Crippen LogP contribution in [0.2, 0.25) is 0 Å². The van der Waals surface area contributed by atoms with E-state index in [4.69, 9.17) is 10.5 Å². The van der Waals surface area contributed by atoms with Gasteiger partial charge in [-0.3, -0.25) is 19.3 Å². The van der Waals surface area contributed by atoms with E-state index in [1.807, 2.05) is 49.4 Å². The normalized spacial score (nSPS) is 16.9. The number of ether oxygens (including phenoxy) is 1. The predicted molar refractivity (Wildman–Crippen MR) is 142 cm³/mol. The van der Waals surface area contributed by atoms with E-state index in [2.05, 4.69) is 6.07 Å². The van der Waals surface area contributed by atoms with Crippen LogP contribution in [0.5, 0.6) is 5.75 Å². The lowest BCUT2D eigenvalue weighted by Gasteiger charge is -2.31. The fourth-order valence-corrected chi connectivity index (χ4v) is 4.84. The third kappa shape index (κ3) is 5.26. The fourth-order valence-electron chi connectivity index (χ4n) is 4.84. The Kier molecular flexibility index (Phi) is 6.77. The van der Waals surface area contributed by atoms with Crippen LogP contribution < -0.4 is 15.4 Å². The van der Waals surface area contributed by atoms with E-state index in [0.717, 1.165) is 22.4 Å². The van der Waals surface area contributed by atoms with Crippen molar-refractivity contribution in [2.75, 3.05) is 18.0 Å². The molecular weight excluding hydrogens is 466 g/mol. The maximum Gasteiger partial charge on any atom is 0.294 e. The van der Waals surface area contributed by atoms with Crippen LogP contribution in [0.25, 0.3) is 6.08 Å². The first-order valence-corrected chi connectivity index (χ1v) is 12.4. The number of carbonyl (C=O) groups excluding carboxylic acids is 3. The number of benzene rings is 3. The second-order valence-corrected chi connectivity index (χ2v) is 9.55. The summed E-state index contributed by atoms with van der Waals surface area (Å²) in [6, 6.07) is 22.7. The third-order valence-corrected chi connectivity index (χ3v) is 6.90. The van der Waals surface area contributed by atoms with Crippen molar-refractivity contribution >= 4 is 29.5 Å². The number of anilines is 1. The topological polar surface area (TPSA) is 92.9 Å². The molecule has 2 aliphatic rings. The molecule has 2 heterocycles. The Hall–Kier alpha value is -4.39. The average Bonchev–Trinajstić information content (AvgIpc) is 2.91. The molecule has 1 saturated heterocycles. The molecule has 1 fully saturated rings. The minimum Gasteiger partial charge on any atom is -0.449 e. The molecule has 0 aliphatic carbocycles. The fraction of sp³-hybridized carbons (Fsp3) is 0.233. The van der Waals surface area contributed by atoms with Gasteiger partial charge in [-0.15, -0.1) is 0 Å². The lowest BCUT2D eigenvalue weighted by molar-refractivity contribution is -0.123. The molecule has 7 heteroatoms. The van der Waals surface area contributed by atoms with E-state index < -0.39 is 0 Å². The van der Waals surface area contributed by atoms with Crippen molar-refractivity contribution in [3.05, 3.63) is 101 Å². The number of para-hydroxylation sites is 2. The molecule has 2 N–H and O–H groups in total. The Bertz CT molecular complexity index is 1370. The van der Waals surface area contributed by atoms with Crippen molar-refractivity contribution in [1.82, 2.24) is 4.90 Å². The molecule has 3 aromatic carbocycles. The highest BCUT2D eigenvalue weighted by Gasteiger charge is 2.30. The first-order chi connectivity index (χ1) is 17.9. The molecule has 0 unspecified atom stereocenters. The zero-order chi connectivity index (χ0) is 25.9. The van der Waals surface area contributed by atoms with Gasteiger partial charge < -0.3 is 15.4 Å². The maximum atomic E-state index is 13.5. The molecule has 0 atom stereocenters. The summed E-state index contributed by atoms with van der Waals surface area (Å²) in [7, 11) is 0. The van der Waals surface area contributed by atoms with E-state index in [1.54, 1.807) is 40.1 Å². The van der Waals surface area contributed by atoms with Crippen LogP contribution in [0.1, 0.15) is 39.9 Å². The molecule has 2 aliphatic heterocycles. The molecule has 7 nitrogen and oxygen atoms in total. The van der Waals surface area contributed by atoms with Crippen LogP contribution in [0.15, 0.2) is 78.6 Å². The first-order valence-electron chi connectivity index (χ1n) is 12.4. The largest absolute Gasteiger partial charge is 0.449 e. The van der Waals surface area contributed by atoms with Gasteiger partial charge in [0.1, 0.15) is 0 Å². The highest BCUT2D eigenvalue weighted by Crippen LogP contribution is 2.36. The lowest BCUT2D eigenvalue weighted by atomic mass is 9.96. The lowest BCUT2D eigenvalue weighted by Crippen LogP contribution is -2.41. The summed E-state index contributed by atoms with van der Waals surface area (Å²) in [5, 5.41) is 0. The number of fused-ring (bicyclic) bond motifs is 1. The molecular formula is C30H29N3O4. The number of primary amides is 1. The number of aryl methyl sites for hydroxylation is 1. The van der Waals surface area contributed by atoms with E-state index in [1.165, 1.54) is 0 Å². The molecule has 37 heavy (non-hydrogen) atoms. The van der Waals surface area contributed by atoms with Crippen molar-refractivity contribution in [1.29, 1.82) is 0 Å². The summed E-state index contributed by atoms with van der Waals surface area (Å²) < 4.78 is 6.00. The first kappa shape index (κ1) is 24.3. The van der Waals surface area contributed by atoms with Gasteiger partial charge in [-0.05, 0) is 61.2 Å². The molecule has 5 rings (SSSR count). The number of nitrogens with two attached hydrogens (primary N) is 1. The number of hydrogen-bond donors (Lipinski definition) is 1. The molecule has 3 aromatic rings. The minimum absolute atomic E-state index is 0.0784. The van der Waals surface area contributed by atoms with Crippen molar-refractivity contribution in [3.8, 4) is 5.75 Å². The molecule has 0 aromatic heterocycles. The van der Waals surface area contributed by atoms with Gasteiger partial charge in [-0.1, -0.05) is 54.1 Å². The summed E-state index contributed by atoms with van der Waals surface area (Å²) in [6.07, 6.45) is 2.88. The van der Waals surface area contributed by atoms with E-state index in [0.29, 0.717) is 43.8 Å². The average molecular weight is 496 g/mol. The third-order valence-electron chi connectivity index (χ3n) is 6.90. The minimum atomic E-state index is -0.302. The van der Waals surface area contributed by atoms with Crippen LogP contribution in [0.4, 0.5) is 5.69 Å². The van der Waals surface area contributed by atoms with Gasteiger partial charge in [-0.2, -0.15) is 0 Å². The van der Waals surface area contributed by atoms with Gasteiger partial charge in [0.2, 0.25) is 5.91 Å². The van der Waals surface area contributed by atoms with Gasteiger partial charge in [0.25, 0.3) is 11.8 Å². The zero-order valence-electron chi connectivity index (χ0n) is 20.7. The van der Waals surface area contributed by atoms with E-state index >= 15 is 0 Å². The number of nitrogens with zero attached hydrogens (tertiary/aromatic N) is 2. The number of rotatable bonds is 5. The molecule has 188 valence electrons. The standard InChI is InChI=1S/C30H29N3O4/c1-20-5-4-6-22(17-20)19-33-25-7-2-3-8-26(25)37-27(30(33)36)18-21-9-11-24(12-10-21)29(35)32-15-13-23(14-16-32)28(31)34/h2-12,17-18,23H,13-16,19H2,1H3,(H2,31,34). The van der Waals surface area contributed by atoms with E-state index in [9.17, 15) is 14.4 Å². The predicted octanol–water partition coefficient (Wildman–Crippen LogP) is 4.30. The summed E-state index contributed by atoms with van der Waals surface area (Å²) in [5.41, 5.74) is 9.60. The number of likely N-dealkylation sites (tertiary alicyclic amines) is 1. The second kappa shape index (κ2) is 10.3. The smallest absolute Gasteiger partial charge is 0.294 e. The zero-order valence-corrected chi connectivity index (χ0v) is 20.7. The number of amides is 3. The van der Waals surface area contributed by atoms with Gasteiger partial charge in [0.05, 0.1) is 12.2 Å². The van der Waals surface area contributed by atoms with Crippen LogP contribution in [-0.2, 0) is 16.1 Å².